The minimum atomic E-state index is 0.556. The van der Waals surface area contributed by atoms with Crippen LogP contribution in [0.1, 0.15) is 32.8 Å². The summed E-state index contributed by atoms with van der Waals surface area (Å²) < 4.78 is 0. The van der Waals surface area contributed by atoms with E-state index in [4.69, 9.17) is 11.6 Å². The van der Waals surface area contributed by atoms with Gasteiger partial charge in [-0.2, -0.15) is 11.8 Å². The molecule has 0 aliphatic carbocycles. The van der Waals surface area contributed by atoms with Gasteiger partial charge in [0.2, 0.25) is 0 Å². The van der Waals surface area contributed by atoms with E-state index in [2.05, 4.69) is 38.2 Å². The SMILES string of the molecule is CCSCCC(CNC(C)C)Cc1cccc(Cl)c1. The molecule has 3 heteroatoms. The van der Waals surface area contributed by atoms with Gasteiger partial charge in [0, 0.05) is 11.1 Å². The predicted molar refractivity (Wildman–Crippen MR) is 89.4 cm³/mol. The Morgan fingerprint density at radius 1 is 1.32 bits per heavy atom. The molecule has 1 nitrogen and oxygen atoms in total. The summed E-state index contributed by atoms with van der Waals surface area (Å²) in [7, 11) is 0. The molecule has 0 aliphatic rings. The Labute approximate surface area is 127 Å². The van der Waals surface area contributed by atoms with Crippen LogP contribution in [0.4, 0.5) is 0 Å². The second-order valence-electron chi connectivity index (χ2n) is 5.25. The van der Waals surface area contributed by atoms with Gasteiger partial charge in [-0.25, -0.2) is 0 Å². The number of thioether (sulfide) groups is 1. The highest BCUT2D eigenvalue weighted by Gasteiger charge is 2.10. The zero-order chi connectivity index (χ0) is 14.1. The minimum absolute atomic E-state index is 0.556. The van der Waals surface area contributed by atoms with Crippen molar-refractivity contribution in [3.63, 3.8) is 0 Å². The van der Waals surface area contributed by atoms with Crippen LogP contribution < -0.4 is 5.32 Å². The monoisotopic (exact) mass is 299 g/mol. The molecule has 1 aromatic carbocycles. The quantitative estimate of drug-likeness (QED) is 0.667. The molecular weight excluding hydrogens is 274 g/mol. The summed E-state index contributed by atoms with van der Waals surface area (Å²) in [5.41, 5.74) is 1.35. The molecule has 0 aromatic heterocycles. The minimum Gasteiger partial charge on any atom is -0.314 e. The van der Waals surface area contributed by atoms with Crippen molar-refractivity contribution in [1.82, 2.24) is 5.32 Å². The fourth-order valence-electron chi connectivity index (χ4n) is 2.07. The van der Waals surface area contributed by atoms with Crippen LogP contribution in [0, 0.1) is 5.92 Å². The second-order valence-corrected chi connectivity index (χ2v) is 7.08. The molecule has 0 fully saturated rings. The van der Waals surface area contributed by atoms with Gasteiger partial charge in [0.15, 0.2) is 0 Å². The van der Waals surface area contributed by atoms with Crippen molar-refractivity contribution in [2.24, 2.45) is 5.92 Å². The average molecular weight is 300 g/mol. The van der Waals surface area contributed by atoms with E-state index in [-0.39, 0.29) is 0 Å². The van der Waals surface area contributed by atoms with E-state index in [0.29, 0.717) is 12.0 Å². The van der Waals surface area contributed by atoms with Gasteiger partial charge < -0.3 is 5.32 Å². The fraction of sp³-hybridized carbons (Fsp3) is 0.625. The van der Waals surface area contributed by atoms with Gasteiger partial charge in [-0.05, 0) is 54.5 Å². The Morgan fingerprint density at radius 2 is 2.11 bits per heavy atom. The van der Waals surface area contributed by atoms with E-state index < -0.39 is 0 Å². The lowest BCUT2D eigenvalue weighted by molar-refractivity contribution is 0.438. The molecule has 1 unspecified atom stereocenters. The molecule has 19 heavy (non-hydrogen) atoms. The lowest BCUT2D eigenvalue weighted by atomic mass is 9.96. The van der Waals surface area contributed by atoms with Gasteiger partial charge in [0.1, 0.15) is 0 Å². The van der Waals surface area contributed by atoms with Crippen LogP contribution in [0.15, 0.2) is 24.3 Å². The zero-order valence-corrected chi connectivity index (χ0v) is 13.9. The van der Waals surface area contributed by atoms with E-state index in [9.17, 15) is 0 Å². The maximum Gasteiger partial charge on any atom is 0.0408 e. The maximum atomic E-state index is 6.06. The summed E-state index contributed by atoms with van der Waals surface area (Å²) in [6.07, 6.45) is 2.38. The van der Waals surface area contributed by atoms with E-state index in [0.717, 1.165) is 18.0 Å². The molecule has 0 aliphatic heterocycles. The predicted octanol–water partition coefficient (Wildman–Crippen LogP) is 4.64. The number of hydrogen-bond acceptors (Lipinski definition) is 2. The van der Waals surface area contributed by atoms with Gasteiger partial charge in [-0.15, -0.1) is 0 Å². The van der Waals surface area contributed by atoms with Crippen molar-refractivity contribution in [3.05, 3.63) is 34.9 Å². The van der Waals surface area contributed by atoms with Gasteiger partial charge in [-0.3, -0.25) is 0 Å². The highest BCUT2D eigenvalue weighted by atomic mass is 35.5. The number of nitrogens with one attached hydrogen (secondary N) is 1. The third kappa shape index (κ3) is 7.86. The van der Waals surface area contributed by atoms with Crippen molar-refractivity contribution in [2.45, 2.75) is 39.7 Å². The molecule has 0 saturated heterocycles. The first-order chi connectivity index (χ1) is 9.11. The number of hydrogen-bond donors (Lipinski definition) is 1. The smallest absolute Gasteiger partial charge is 0.0408 e. The van der Waals surface area contributed by atoms with Gasteiger partial charge in [-0.1, -0.05) is 44.5 Å². The first-order valence-corrected chi connectivity index (χ1v) is 8.70. The Kier molecular flexibility index (Phi) is 8.60. The lowest BCUT2D eigenvalue weighted by Crippen LogP contribution is -2.30. The van der Waals surface area contributed by atoms with Crippen molar-refractivity contribution in [3.8, 4) is 0 Å². The van der Waals surface area contributed by atoms with Gasteiger partial charge in [0.05, 0.1) is 0 Å². The second kappa shape index (κ2) is 9.68. The Morgan fingerprint density at radius 3 is 2.74 bits per heavy atom. The summed E-state index contributed by atoms with van der Waals surface area (Å²) in [5, 5.41) is 4.41. The summed E-state index contributed by atoms with van der Waals surface area (Å²) in [6.45, 7) is 7.73. The molecule has 0 spiro atoms. The molecule has 1 rings (SSSR count). The lowest BCUT2D eigenvalue weighted by Gasteiger charge is -2.19. The topological polar surface area (TPSA) is 12.0 Å². The molecule has 1 aromatic rings. The van der Waals surface area contributed by atoms with Crippen molar-refractivity contribution in [2.75, 3.05) is 18.1 Å². The molecule has 1 N–H and O–H groups in total. The van der Waals surface area contributed by atoms with Crippen LogP contribution in [-0.2, 0) is 6.42 Å². The van der Waals surface area contributed by atoms with Crippen LogP contribution in [-0.4, -0.2) is 24.1 Å². The molecule has 0 radical (unpaired) electrons. The summed E-state index contributed by atoms with van der Waals surface area (Å²) in [6, 6.07) is 8.82. The first-order valence-electron chi connectivity index (χ1n) is 7.17. The van der Waals surface area contributed by atoms with Crippen LogP contribution in [0.5, 0.6) is 0 Å². The van der Waals surface area contributed by atoms with Crippen molar-refractivity contribution >= 4 is 23.4 Å². The highest BCUT2D eigenvalue weighted by molar-refractivity contribution is 7.99. The molecule has 1 atom stereocenters. The van der Waals surface area contributed by atoms with E-state index in [1.807, 2.05) is 23.9 Å². The normalized spacial score (nSPS) is 12.9. The van der Waals surface area contributed by atoms with E-state index in [1.54, 1.807) is 0 Å². The van der Waals surface area contributed by atoms with E-state index >= 15 is 0 Å². The number of benzene rings is 1. The molecule has 108 valence electrons. The summed E-state index contributed by atoms with van der Waals surface area (Å²) in [4.78, 5) is 0. The number of halogens is 1. The molecular formula is C16H26ClNS. The summed E-state index contributed by atoms with van der Waals surface area (Å²) >= 11 is 8.09. The third-order valence-corrected chi connectivity index (χ3v) is 4.27. The fourth-order valence-corrected chi connectivity index (χ4v) is 3.07. The van der Waals surface area contributed by atoms with Crippen LogP contribution >= 0.6 is 23.4 Å². The van der Waals surface area contributed by atoms with E-state index in [1.165, 1.54) is 23.5 Å². The Bertz CT molecular complexity index is 354. The first kappa shape index (κ1) is 16.9. The maximum absolute atomic E-state index is 6.06. The molecule has 0 amide bonds. The van der Waals surface area contributed by atoms with Crippen LogP contribution in [0.3, 0.4) is 0 Å². The average Bonchev–Trinajstić information content (AvgIpc) is 2.36. The standard InChI is InChI=1S/C16H26ClNS/c1-4-19-9-8-15(12-18-13(2)3)10-14-6-5-7-16(17)11-14/h5-7,11,13,15,18H,4,8-10,12H2,1-3H3. The number of rotatable bonds is 9. The highest BCUT2D eigenvalue weighted by Crippen LogP contribution is 2.18. The molecule has 0 saturated carbocycles. The third-order valence-electron chi connectivity index (χ3n) is 3.10. The van der Waals surface area contributed by atoms with Crippen molar-refractivity contribution in [1.29, 1.82) is 0 Å². The van der Waals surface area contributed by atoms with Crippen LogP contribution in [0.2, 0.25) is 5.02 Å². The van der Waals surface area contributed by atoms with Crippen molar-refractivity contribution < 1.29 is 0 Å². The zero-order valence-electron chi connectivity index (χ0n) is 12.3. The van der Waals surface area contributed by atoms with Gasteiger partial charge in [0.25, 0.3) is 0 Å². The molecule has 0 bridgehead atoms. The van der Waals surface area contributed by atoms with Gasteiger partial charge >= 0.3 is 0 Å². The Hall–Kier alpha value is -0.180. The molecule has 0 heterocycles. The van der Waals surface area contributed by atoms with Crippen LogP contribution in [0.25, 0.3) is 0 Å². The largest absolute Gasteiger partial charge is 0.314 e. The summed E-state index contributed by atoms with van der Waals surface area (Å²) in [5.74, 6) is 3.16. The Balaban J connectivity index is 2.51.